The minimum absolute atomic E-state index is 0.0622. The van der Waals surface area contributed by atoms with Gasteiger partial charge in [0.15, 0.2) is 0 Å². The number of pyridine rings is 1. The molecule has 3 aromatic rings. The molecule has 0 bridgehead atoms. The van der Waals surface area contributed by atoms with Gasteiger partial charge < -0.3 is 15.0 Å². The molecule has 0 atom stereocenters. The van der Waals surface area contributed by atoms with Crippen molar-refractivity contribution in [3.8, 4) is 5.75 Å². The molecule has 0 radical (unpaired) electrons. The molecule has 1 heterocycles. The Labute approximate surface area is 172 Å². The third kappa shape index (κ3) is 6.64. The Morgan fingerprint density at radius 1 is 0.966 bits per heavy atom. The maximum Gasteiger partial charge on any atom is 0.317 e. The molecule has 3 rings (SSSR count). The smallest absolute Gasteiger partial charge is 0.317 e. The van der Waals surface area contributed by atoms with Crippen LogP contribution in [0.5, 0.6) is 5.75 Å². The summed E-state index contributed by atoms with van der Waals surface area (Å²) in [5.74, 6) is 0.815. The van der Waals surface area contributed by atoms with Gasteiger partial charge in [-0.1, -0.05) is 48.5 Å². The molecule has 0 aliphatic heterocycles. The summed E-state index contributed by atoms with van der Waals surface area (Å²) < 4.78 is 5.84. The van der Waals surface area contributed by atoms with Gasteiger partial charge in [0.25, 0.3) is 0 Å². The first kappa shape index (κ1) is 20.4. The molecule has 0 aliphatic carbocycles. The largest absolute Gasteiger partial charge is 0.489 e. The van der Waals surface area contributed by atoms with E-state index in [1.807, 2.05) is 84.6 Å². The topological polar surface area (TPSA) is 54.5 Å². The summed E-state index contributed by atoms with van der Waals surface area (Å²) in [6, 6.07) is 23.8. The third-order valence-corrected chi connectivity index (χ3v) is 4.52. The molecule has 0 unspecified atom stereocenters. The molecule has 2 amide bonds. The van der Waals surface area contributed by atoms with Crippen LogP contribution in [0.3, 0.4) is 0 Å². The number of amides is 2. The summed E-state index contributed by atoms with van der Waals surface area (Å²) in [6.45, 7) is 4.21. The lowest BCUT2D eigenvalue weighted by molar-refractivity contribution is 0.196. The summed E-state index contributed by atoms with van der Waals surface area (Å²) in [6.07, 6.45) is 2.50. The Balaban J connectivity index is 1.58. The van der Waals surface area contributed by atoms with Crippen molar-refractivity contribution in [1.29, 1.82) is 0 Å². The summed E-state index contributed by atoms with van der Waals surface area (Å²) >= 11 is 0. The van der Waals surface area contributed by atoms with Crippen LogP contribution in [0.15, 0.2) is 79.0 Å². The lowest BCUT2D eigenvalue weighted by Gasteiger charge is -2.23. The summed E-state index contributed by atoms with van der Waals surface area (Å²) in [7, 11) is 0. The molecular formula is C24H27N3O2. The highest BCUT2D eigenvalue weighted by Gasteiger charge is 2.13. The number of rotatable bonds is 9. The molecule has 0 aliphatic rings. The maximum absolute atomic E-state index is 12.5. The molecule has 2 aromatic carbocycles. The molecule has 1 aromatic heterocycles. The van der Waals surface area contributed by atoms with Crippen LogP contribution in [-0.4, -0.2) is 29.0 Å². The Hall–Kier alpha value is -3.34. The molecule has 1 N–H and O–H groups in total. The predicted molar refractivity (Wildman–Crippen MR) is 115 cm³/mol. The van der Waals surface area contributed by atoms with E-state index >= 15 is 0 Å². The van der Waals surface area contributed by atoms with E-state index in [-0.39, 0.29) is 6.03 Å². The van der Waals surface area contributed by atoms with Crippen LogP contribution in [-0.2, 0) is 19.6 Å². The Morgan fingerprint density at radius 2 is 1.72 bits per heavy atom. The van der Waals surface area contributed by atoms with Crippen LogP contribution >= 0.6 is 0 Å². The van der Waals surface area contributed by atoms with Crippen molar-refractivity contribution in [2.75, 3.05) is 13.1 Å². The second-order valence-corrected chi connectivity index (χ2v) is 6.75. The van der Waals surface area contributed by atoms with Crippen molar-refractivity contribution in [1.82, 2.24) is 15.2 Å². The second-order valence-electron chi connectivity index (χ2n) is 6.75. The van der Waals surface area contributed by atoms with Gasteiger partial charge in [-0.15, -0.1) is 0 Å². The SMILES string of the molecule is CCNC(=O)N(CCc1ccccn1)Cc1ccc(OCc2ccccc2)cc1. The Morgan fingerprint density at radius 3 is 2.41 bits per heavy atom. The van der Waals surface area contributed by atoms with Crippen molar-refractivity contribution < 1.29 is 9.53 Å². The number of nitrogens with zero attached hydrogens (tertiary/aromatic N) is 2. The van der Waals surface area contributed by atoms with Crippen molar-refractivity contribution in [3.63, 3.8) is 0 Å². The number of carbonyl (C=O) groups is 1. The van der Waals surface area contributed by atoms with E-state index in [0.717, 1.165) is 29.0 Å². The summed E-state index contributed by atoms with van der Waals surface area (Å²) in [4.78, 5) is 18.6. The average Bonchev–Trinajstić information content (AvgIpc) is 2.77. The molecular weight excluding hydrogens is 362 g/mol. The van der Waals surface area contributed by atoms with Crippen LogP contribution in [0.1, 0.15) is 23.7 Å². The van der Waals surface area contributed by atoms with Crippen LogP contribution < -0.4 is 10.1 Å². The molecule has 0 spiro atoms. The standard InChI is InChI=1S/C24H27N3O2/c1-2-25-24(28)27(17-15-22-10-6-7-16-26-22)18-20-11-13-23(14-12-20)29-19-21-8-4-3-5-9-21/h3-14,16H,2,15,17-19H2,1H3,(H,25,28). The van der Waals surface area contributed by atoms with Gasteiger partial charge in [0, 0.05) is 37.9 Å². The van der Waals surface area contributed by atoms with Gasteiger partial charge in [0.05, 0.1) is 0 Å². The summed E-state index contributed by atoms with van der Waals surface area (Å²) in [5, 5.41) is 2.89. The van der Waals surface area contributed by atoms with Gasteiger partial charge in [-0.25, -0.2) is 4.79 Å². The normalized spacial score (nSPS) is 10.4. The van der Waals surface area contributed by atoms with Gasteiger partial charge in [-0.05, 0) is 42.3 Å². The molecule has 29 heavy (non-hydrogen) atoms. The van der Waals surface area contributed by atoms with E-state index < -0.39 is 0 Å². The number of ether oxygens (including phenoxy) is 1. The third-order valence-electron chi connectivity index (χ3n) is 4.52. The average molecular weight is 389 g/mol. The number of benzene rings is 2. The van der Waals surface area contributed by atoms with E-state index in [4.69, 9.17) is 4.74 Å². The lowest BCUT2D eigenvalue weighted by atomic mass is 10.2. The quantitative estimate of drug-likeness (QED) is 0.589. The van der Waals surface area contributed by atoms with Gasteiger partial charge >= 0.3 is 6.03 Å². The number of hydrogen-bond donors (Lipinski definition) is 1. The first-order chi connectivity index (χ1) is 14.2. The van der Waals surface area contributed by atoms with Crippen LogP contribution in [0, 0.1) is 0 Å². The van der Waals surface area contributed by atoms with Gasteiger partial charge in [0.1, 0.15) is 12.4 Å². The molecule has 0 saturated carbocycles. The van der Waals surface area contributed by atoms with E-state index in [9.17, 15) is 4.79 Å². The van der Waals surface area contributed by atoms with E-state index in [0.29, 0.717) is 26.2 Å². The highest BCUT2D eigenvalue weighted by molar-refractivity contribution is 5.74. The minimum atomic E-state index is -0.0622. The van der Waals surface area contributed by atoms with E-state index in [2.05, 4.69) is 10.3 Å². The predicted octanol–water partition coefficient (Wildman–Crippen LogP) is 4.43. The van der Waals surface area contributed by atoms with Crippen molar-refractivity contribution in [2.24, 2.45) is 0 Å². The highest BCUT2D eigenvalue weighted by Crippen LogP contribution is 2.16. The number of hydrogen-bond acceptors (Lipinski definition) is 3. The van der Waals surface area contributed by atoms with Gasteiger partial charge in [-0.3, -0.25) is 4.98 Å². The number of carbonyl (C=O) groups excluding carboxylic acids is 1. The molecule has 5 nitrogen and oxygen atoms in total. The Kier molecular flexibility index (Phi) is 7.63. The lowest BCUT2D eigenvalue weighted by Crippen LogP contribution is -2.40. The van der Waals surface area contributed by atoms with Crippen LogP contribution in [0.2, 0.25) is 0 Å². The van der Waals surface area contributed by atoms with Gasteiger partial charge in [-0.2, -0.15) is 0 Å². The second kappa shape index (κ2) is 10.9. The van der Waals surface area contributed by atoms with Crippen LogP contribution in [0.4, 0.5) is 4.79 Å². The van der Waals surface area contributed by atoms with Crippen LogP contribution in [0.25, 0.3) is 0 Å². The molecule has 150 valence electrons. The number of nitrogens with one attached hydrogen (secondary N) is 1. The number of urea groups is 1. The zero-order valence-electron chi connectivity index (χ0n) is 16.8. The fraction of sp³-hybridized carbons (Fsp3) is 0.250. The van der Waals surface area contributed by atoms with Crippen molar-refractivity contribution >= 4 is 6.03 Å². The minimum Gasteiger partial charge on any atom is -0.489 e. The first-order valence-electron chi connectivity index (χ1n) is 9.93. The monoisotopic (exact) mass is 389 g/mol. The Bertz CT molecular complexity index is 868. The van der Waals surface area contributed by atoms with Crippen molar-refractivity contribution in [2.45, 2.75) is 26.5 Å². The first-order valence-corrected chi connectivity index (χ1v) is 9.93. The van der Waals surface area contributed by atoms with E-state index in [1.165, 1.54) is 0 Å². The van der Waals surface area contributed by atoms with Gasteiger partial charge in [0.2, 0.25) is 0 Å². The molecule has 5 heteroatoms. The molecule has 0 fully saturated rings. The number of aromatic nitrogens is 1. The van der Waals surface area contributed by atoms with E-state index in [1.54, 1.807) is 6.20 Å². The van der Waals surface area contributed by atoms with Crippen molar-refractivity contribution in [3.05, 3.63) is 95.8 Å². The maximum atomic E-state index is 12.5. The molecule has 0 saturated heterocycles. The highest BCUT2D eigenvalue weighted by atomic mass is 16.5. The fourth-order valence-corrected chi connectivity index (χ4v) is 2.96. The zero-order chi connectivity index (χ0) is 20.3. The fourth-order valence-electron chi connectivity index (χ4n) is 2.96. The zero-order valence-corrected chi connectivity index (χ0v) is 16.8. The summed E-state index contributed by atoms with van der Waals surface area (Å²) in [5.41, 5.74) is 3.17.